The predicted octanol–water partition coefficient (Wildman–Crippen LogP) is 1.30. The summed E-state index contributed by atoms with van der Waals surface area (Å²) >= 11 is 5.70. The van der Waals surface area contributed by atoms with Crippen molar-refractivity contribution in [2.24, 2.45) is 5.73 Å². The van der Waals surface area contributed by atoms with Crippen molar-refractivity contribution in [1.82, 2.24) is 0 Å². The van der Waals surface area contributed by atoms with E-state index in [1.54, 1.807) is 0 Å². The number of carboxylic acid groups (broad SMARTS) is 1. The van der Waals surface area contributed by atoms with Crippen LogP contribution in [0.25, 0.3) is 0 Å². The van der Waals surface area contributed by atoms with Gasteiger partial charge in [-0.05, 0) is 12.1 Å². The molecule has 0 spiro atoms. The number of rotatable bonds is 4. The highest BCUT2D eigenvalue weighted by atomic mass is 35.5. The third-order valence-corrected chi connectivity index (χ3v) is 2.09. The molecule has 0 radical (unpaired) electrons. The number of halogens is 2. The van der Waals surface area contributed by atoms with Gasteiger partial charge in [0.25, 0.3) is 0 Å². The first-order valence-electron chi connectivity index (χ1n) is 4.18. The van der Waals surface area contributed by atoms with Gasteiger partial charge in [0.05, 0.1) is 10.7 Å². The van der Waals surface area contributed by atoms with Gasteiger partial charge in [-0.2, -0.15) is 0 Å². The molecule has 1 aromatic rings. The Hall–Kier alpha value is -1.33. The van der Waals surface area contributed by atoms with E-state index in [1.165, 1.54) is 18.2 Å². The first-order valence-corrected chi connectivity index (χ1v) is 4.56. The zero-order chi connectivity index (χ0) is 11.4. The van der Waals surface area contributed by atoms with Gasteiger partial charge in [-0.25, -0.2) is 4.39 Å². The average Bonchev–Trinajstić information content (AvgIpc) is 2.16. The number of nitrogens with one attached hydrogen (secondary N) is 1. The van der Waals surface area contributed by atoms with Crippen LogP contribution in [-0.2, 0) is 4.79 Å². The van der Waals surface area contributed by atoms with Gasteiger partial charge in [0, 0.05) is 6.54 Å². The van der Waals surface area contributed by atoms with Crippen molar-refractivity contribution in [2.45, 2.75) is 6.04 Å². The summed E-state index contributed by atoms with van der Waals surface area (Å²) in [4.78, 5) is 10.4. The number of para-hydroxylation sites is 1. The second kappa shape index (κ2) is 4.95. The van der Waals surface area contributed by atoms with Gasteiger partial charge in [-0.1, -0.05) is 17.7 Å². The molecule has 0 fully saturated rings. The lowest BCUT2D eigenvalue weighted by atomic mass is 10.2. The van der Waals surface area contributed by atoms with Gasteiger partial charge in [0.15, 0.2) is 0 Å². The highest BCUT2D eigenvalue weighted by molar-refractivity contribution is 6.33. The first-order chi connectivity index (χ1) is 7.02. The van der Waals surface area contributed by atoms with Crippen LogP contribution >= 0.6 is 11.6 Å². The van der Waals surface area contributed by atoms with Crippen molar-refractivity contribution in [3.05, 3.63) is 29.0 Å². The fourth-order valence-corrected chi connectivity index (χ4v) is 1.20. The highest BCUT2D eigenvalue weighted by Crippen LogP contribution is 2.24. The number of carbonyl (C=O) groups is 1. The standard InChI is InChI=1S/C9H10ClFN2O2/c10-5-2-1-3-6(11)8(5)13-4-7(12)9(14)15/h1-3,7,13H,4,12H2,(H,14,15). The van der Waals surface area contributed by atoms with Crippen LogP contribution in [-0.4, -0.2) is 23.7 Å². The minimum absolute atomic E-state index is 0.0656. The number of anilines is 1. The summed E-state index contributed by atoms with van der Waals surface area (Å²) < 4.78 is 13.2. The van der Waals surface area contributed by atoms with Crippen molar-refractivity contribution >= 4 is 23.3 Å². The Kier molecular flexibility index (Phi) is 3.88. The van der Waals surface area contributed by atoms with Crippen LogP contribution < -0.4 is 11.1 Å². The van der Waals surface area contributed by atoms with E-state index in [2.05, 4.69) is 5.32 Å². The number of hydrogen-bond acceptors (Lipinski definition) is 3. The minimum Gasteiger partial charge on any atom is -0.480 e. The molecular weight excluding hydrogens is 223 g/mol. The van der Waals surface area contributed by atoms with Gasteiger partial charge in [-0.15, -0.1) is 0 Å². The van der Waals surface area contributed by atoms with E-state index >= 15 is 0 Å². The molecule has 6 heteroatoms. The molecule has 4 N–H and O–H groups in total. The Labute approximate surface area is 90.8 Å². The third kappa shape index (κ3) is 3.07. The smallest absolute Gasteiger partial charge is 0.322 e. The molecule has 0 amide bonds. The second-order valence-electron chi connectivity index (χ2n) is 2.92. The van der Waals surface area contributed by atoms with E-state index in [1.807, 2.05) is 0 Å². The van der Waals surface area contributed by atoms with Crippen LogP contribution in [0.4, 0.5) is 10.1 Å². The molecule has 82 valence electrons. The summed E-state index contributed by atoms with van der Waals surface area (Å²) in [6, 6.07) is 3.08. The Morgan fingerprint density at radius 1 is 1.67 bits per heavy atom. The largest absolute Gasteiger partial charge is 0.480 e. The van der Waals surface area contributed by atoms with Crippen LogP contribution in [0.3, 0.4) is 0 Å². The van der Waals surface area contributed by atoms with Crippen LogP contribution in [0.5, 0.6) is 0 Å². The number of aliphatic carboxylic acids is 1. The minimum atomic E-state index is -1.16. The molecule has 1 rings (SSSR count). The van der Waals surface area contributed by atoms with Crippen LogP contribution in [0.15, 0.2) is 18.2 Å². The second-order valence-corrected chi connectivity index (χ2v) is 3.33. The summed E-state index contributed by atoms with van der Waals surface area (Å²) in [6.07, 6.45) is 0. The molecule has 0 saturated carbocycles. The number of hydrogen-bond donors (Lipinski definition) is 3. The lowest BCUT2D eigenvalue weighted by molar-refractivity contribution is -0.138. The van der Waals surface area contributed by atoms with E-state index in [9.17, 15) is 9.18 Å². The highest BCUT2D eigenvalue weighted by Gasteiger charge is 2.13. The Morgan fingerprint density at radius 2 is 2.33 bits per heavy atom. The zero-order valence-electron chi connectivity index (χ0n) is 7.71. The third-order valence-electron chi connectivity index (χ3n) is 1.78. The lowest BCUT2D eigenvalue weighted by Gasteiger charge is -2.11. The summed E-state index contributed by atoms with van der Waals surface area (Å²) in [7, 11) is 0. The number of nitrogens with two attached hydrogens (primary N) is 1. The quantitative estimate of drug-likeness (QED) is 0.732. The number of carboxylic acids is 1. The average molecular weight is 233 g/mol. The van der Waals surface area contributed by atoms with E-state index in [4.69, 9.17) is 22.4 Å². The van der Waals surface area contributed by atoms with Crippen LogP contribution in [0.2, 0.25) is 5.02 Å². The van der Waals surface area contributed by atoms with Gasteiger partial charge in [-0.3, -0.25) is 4.79 Å². The summed E-state index contributed by atoms with van der Waals surface area (Å²) in [5.41, 5.74) is 5.30. The van der Waals surface area contributed by atoms with E-state index < -0.39 is 17.8 Å². The summed E-state index contributed by atoms with van der Waals surface area (Å²) in [6.45, 7) is -0.0873. The fourth-order valence-electron chi connectivity index (χ4n) is 0.966. The molecule has 0 aliphatic carbocycles. The maximum atomic E-state index is 13.2. The van der Waals surface area contributed by atoms with Crippen LogP contribution in [0, 0.1) is 5.82 Å². The normalized spacial score (nSPS) is 12.2. The van der Waals surface area contributed by atoms with Crippen molar-refractivity contribution in [3.8, 4) is 0 Å². The van der Waals surface area contributed by atoms with Crippen LogP contribution in [0.1, 0.15) is 0 Å². The maximum Gasteiger partial charge on any atom is 0.322 e. The van der Waals surface area contributed by atoms with Gasteiger partial charge in [0.1, 0.15) is 11.9 Å². The molecule has 0 aliphatic rings. The maximum absolute atomic E-state index is 13.2. The molecule has 15 heavy (non-hydrogen) atoms. The van der Waals surface area contributed by atoms with Gasteiger partial charge in [0.2, 0.25) is 0 Å². The van der Waals surface area contributed by atoms with E-state index in [0.717, 1.165) is 0 Å². The zero-order valence-corrected chi connectivity index (χ0v) is 8.46. The molecule has 1 aromatic carbocycles. The molecule has 1 atom stereocenters. The SMILES string of the molecule is NC(CNc1c(F)cccc1Cl)C(=O)O. The van der Waals surface area contributed by atoms with E-state index in [0.29, 0.717) is 0 Å². The summed E-state index contributed by atoms with van der Waals surface area (Å²) in [5, 5.41) is 11.2. The Bertz CT molecular complexity index is 353. The lowest BCUT2D eigenvalue weighted by Crippen LogP contribution is -2.37. The van der Waals surface area contributed by atoms with Crippen molar-refractivity contribution in [2.75, 3.05) is 11.9 Å². The molecular formula is C9H10ClFN2O2. The molecule has 1 unspecified atom stereocenters. The topological polar surface area (TPSA) is 75.3 Å². The van der Waals surface area contributed by atoms with Crippen molar-refractivity contribution in [1.29, 1.82) is 0 Å². The molecule has 0 bridgehead atoms. The molecule has 0 heterocycles. The molecule has 4 nitrogen and oxygen atoms in total. The van der Waals surface area contributed by atoms with Crippen molar-refractivity contribution < 1.29 is 14.3 Å². The van der Waals surface area contributed by atoms with E-state index in [-0.39, 0.29) is 17.3 Å². The summed E-state index contributed by atoms with van der Waals surface area (Å²) in [5.74, 6) is -1.70. The predicted molar refractivity (Wildman–Crippen MR) is 55.5 cm³/mol. The van der Waals surface area contributed by atoms with Crippen molar-refractivity contribution in [3.63, 3.8) is 0 Å². The Balaban J connectivity index is 2.69. The monoisotopic (exact) mass is 232 g/mol. The Morgan fingerprint density at radius 3 is 2.87 bits per heavy atom. The molecule has 0 saturated heterocycles. The van der Waals surface area contributed by atoms with Gasteiger partial charge >= 0.3 is 5.97 Å². The number of benzene rings is 1. The fraction of sp³-hybridized carbons (Fsp3) is 0.222. The van der Waals surface area contributed by atoms with Gasteiger partial charge < -0.3 is 16.2 Å². The molecule has 0 aromatic heterocycles. The molecule has 0 aliphatic heterocycles. The first kappa shape index (κ1) is 11.7.